The smallest absolute Gasteiger partial charge is 0.356 e. The first kappa shape index (κ1) is 14.5. The molecule has 0 saturated carbocycles. The number of benzene rings is 1. The van der Waals surface area contributed by atoms with E-state index in [0.717, 1.165) is 15.6 Å². The number of aromatic nitrogens is 1. The number of nitrogens with zero attached hydrogens (tertiary/aromatic N) is 1. The van der Waals surface area contributed by atoms with Crippen molar-refractivity contribution < 1.29 is 14.3 Å². The normalized spacial score (nSPS) is 10.2. The van der Waals surface area contributed by atoms with Crippen molar-refractivity contribution in [1.29, 1.82) is 0 Å². The zero-order chi connectivity index (χ0) is 14.7. The summed E-state index contributed by atoms with van der Waals surface area (Å²) in [5.41, 5.74) is 2.39. The number of halogens is 1. The van der Waals surface area contributed by atoms with Crippen LogP contribution in [0, 0.1) is 13.8 Å². The molecule has 4 nitrogen and oxygen atoms in total. The maximum atomic E-state index is 11.4. The molecule has 1 heterocycles. The van der Waals surface area contributed by atoms with E-state index in [1.54, 1.807) is 12.1 Å². The molecule has 2 rings (SSSR count). The molecule has 0 atom stereocenters. The third-order valence-electron chi connectivity index (χ3n) is 2.77. The average molecular weight is 336 g/mol. The highest BCUT2D eigenvalue weighted by Crippen LogP contribution is 2.29. The van der Waals surface area contributed by atoms with Gasteiger partial charge < -0.3 is 9.47 Å². The predicted molar refractivity (Wildman–Crippen MR) is 79.3 cm³/mol. The van der Waals surface area contributed by atoms with Crippen LogP contribution in [-0.4, -0.2) is 18.1 Å². The van der Waals surface area contributed by atoms with E-state index in [-0.39, 0.29) is 5.69 Å². The topological polar surface area (TPSA) is 48.4 Å². The quantitative estimate of drug-likeness (QED) is 0.794. The van der Waals surface area contributed by atoms with Gasteiger partial charge in [0.2, 0.25) is 0 Å². The summed E-state index contributed by atoms with van der Waals surface area (Å²) in [6, 6.07) is 7.10. The summed E-state index contributed by atoms with van der Waals surface area (Å²) >= 11 is 3.51. The Morgan fingerprint density at radius 3 is 2.40 bits per heavy atom. The van der Waals surface area contributed by atoms with Gasteiger partial charge in [0.1, 0.15) is 11.5 Å². The fraction of sp³-hybridized carbons (Fsp3) is 0.200. The van der Waals surface area contributed by atoms with Crippen LogP contribution in [0.5, 0.6) is 11.5 Å². The molecule has 0 aliphatic rings. The Labute approximate surface area is 125 Å². The molecule has 0 aliphatic carbocycles. The first-order valence-corrected chi connectivity index (χ1v) is 6.79. The van der Waals surface area contributed by atoms with Crippen molar-refractivity contribution >= 4 is 21.9 Å². The largest absolute Gasteiger partial charge is 0.464 e. The van der Waals surface area contributed by atoms with Crippen LogP contribution in [0.2, 0.25) is 0 Å². The predicted octanol–water partition coefficient (Wildman–Crippen LogP) is 4.04. The van der Waals surface area contributed by atoms with E-state index in [0.29, 0.717) is 11.5 Å². The van der Waals surface area contributed by atoms with Gasteiger partial charge in [-0.1, -0.05) is 15.9 Å². The Balaban J connectivity index is 2.28. The lowest BCUT2D eigenvalue weighted by Gasteiger charge is -2.10. The molecule has 0 saturated heterocycles. The fourth-order valence-electron chi connectivity index (χ4n) is 1.79. The lowest BCUT2D eigenvalue weighted by atomic mass is 10.1. The Hall–Kier alpha value is -1.88. The molecule has 1 aromatic carbocycles. The summed E-state index contributed by atoms with van der Waals surface area (Å²) in [5.74, 6) is 0.769. The second kappa shape index (κ2) is 6.05. The summed E-state index contributed by atoms with van der Waals surface area (Å²) in [4.78, 5) is 15.4. The van der Waals surface area contributed by atoms with Crippen LogP contribution in [0.15, 0.2) is 34.9 Å². The number of esters is 1. The average Bonchev–Trinajstić information content (AvgIpc) is 2.44. The van der Waals surface area contributed by atoms with E-state index in [1.807, 2.05) is 26.0 Å². The molecule has 0 fully saturated rings. The Bertz CT molecular complexity index is 632. The van der Waals surface area contributed by atoms with E-state index < -0.39 is 5.97 Å². The Kier molecular flexibility index (Phi) is 4.39. The van der Waals surface area contributed by atoms with E-state index >= 15 is 0 Å². The van der Waals surface area contributed by atoms with E-state index in [4.69, 9.17) is 4.74 Å². The van der Waals surface area contributed by atoms with Crippen LogP contribution >= 0.6 is 15.9 Å². The van der Waals surface area contributed by atoms with Gasteiger partial charge >= 0.3 is 5.97 Å². The number of carbonyl (C=O) groups excluding carboxylic acids is 1. The third-order valence-corrected chi connectivity index (χ3v) is 4.02. The van der Waals surface area contributed by atoms with Gasteiger partial charge in [-0.3, -0.25) is 0 Å². The zero-order valence-electron chi connectivity index (χ0n) is 11.4. The lowest BCUT2D eigenvalue weighted by Crippen LogP contribution is -2.03. The van der Waals surface area contributed by atoms with Crippen LogP contribution in [0.25, 0.3) is 0 Å². The van der Waals surface area contributed by atoms with Crippen LogP contribution in [0.1, 0.15) is 21.6 Å². The van der Waals surface area contributed by atoms with Crippen molar-refractivity contribution in [3.8, 4) is 11.5 Å². The minimum Gasteiger partial charge on any atom is -0.464 e. The molecule has 104 valence electrons. The lowest BCUT2D eigenvalue weighted by molar-refractivity contribution is 0.0593. The maximum absolute atomic E-state index is 11.4. The second-order valence-corrected chi connectivity index (χ2v) is 5.13. The first-order chi connectivity index (χ1) is 9.51. The van der Waals surface area contributed by atoms with E-state index in [2.05, 4.69) is 25.7 Å². The minimum atomic E-state index is -0.487. The molecule has 0 spiro atoms. The highest BCUT2D eigenvalue weighted by atomic mass is 79.9. The van der Waals surface area contributed by atoms with Gasteiger partial charge in [0.15, 0.2) is 5.69 Å². The standard InChI is InChI=1S/C15H14BrNO3/c1-9-6-12(7-10(2)14(9)16)20-11-4-5-17-13(8-11)15(18)19-3/h4-8H,1-3H3. The number of aryl methyl sites for hydroxylation is 2. The van der Waals surface area contributed by atoms with E-state index in [1.165, 1.54) is 13.3 Å². The highest BCUT2D eigenvalue weighted by molar-refractivity contribution is 9.10. The van der Waals surface area contributed by atoms with Gasteiger partial charge in [-0.25, -0.2) is 9.78 Å². The number of hydrogen-bond donors (Lipinski definition) is 0. The number of ether oxygens (including phenoxy) is 2. The number of pyridine rings is 1. The van der Waals surface area contributed by atoms with Crippen LogP contribution in [0.4, 0.5) is 0 Å². The minimum absolute atomic E-state index is 0.218. The van der Waals surface area contributed by atoms with E-state index in [9.17, 15) is 4.79 Å². The summed E-state index contributed by atoms with van der Waals surface area (Å²) in [6.45, 7) is 3.99. The van der Waals surface area contributed by atoms with Crippen LogP contribution in [-0.2, 0) is 4.74 Å². The monoisotopic (exact) mass is 335 g/mol. The van der Waals surface area contributed by atoms with Crippen LogP contribution in [0.3, 0.4) is 0 Å². The Morgan fingerprint density at radius 1 is 1.15 bits per heavy atom. The molecule has 0 N–H and O–H groups in total. The summed E-state index contributed by atoms with van der Waals surface area (Å²) in [5, 5.41) is 0. The van der Waals surface area contributed by atoms with Gasteiger partial charge in [0, 0.05) is 16.7 Å². The van der Waals surface area contributed by atoms with Crippen molar-refractivity contribution in [2.45, 2.75) is 13.8 Å². The second-order valence-electron chi connectivity index (χ2n) is 4.34. The number of rotatable bonds is 3. The van der Waals surface area contributed by atoms with Crippen LogP contribution < -0.4 is 4.74 Å². The number of methoxy groups -OCH3 is 1. The molecule has 0 bridgehead atoms. The summed E-state index contributed by atoms with van der Waals surface area (Å²) < 4.78 is 11.5. The number of carbonyl (C=O) groups is 1. The van der Waals surface area contributed by atoms with Crippen molar-refractivity contribution in [2.75, 3.05) is 7.11 Å². The molecule has 0 unspecified atom stereocenters. The first-order valence-electron chi connectivity index (χ1n) is 6.00. The van der Waals surface area contributed by atoms with Gasteiger partial charge in [0.25, 0.3) is 0 Å². The van der Waals surface area contributed by atoms with Gasteiger partial charge in [0.05, 0.1) is 7.11 Å². The zero-order valence-corrected chi connectivity index (χ0v) is 13.0. The molecule has 5 heteroatoms. The molecule has 0 amide bonds. The number of hydrogen-bond acceptors (Lipinski definition) is 4. The highest BCUT2D eigenvalue weighted by Gasteiger charge is 2.09. The van der Waals surface area contributed by atoms with Crippen molar-refractivity contribution in [1.82, 2.24) is 4.98 Å². The molecular formula is C15H14BrNO3. The van der Waals surface area contributed by atoms with Gasteiger partial charge in [-0.15, -0.1) is 0 Å². The van der Waals surface area contributed by atoms with Gasteiger partial charge in [-0.2, -0.15) is 0 Å². The molecule has 0 radical (unpaired) electrons. The van der Waals surface area contributed by atoms with Crippen molar-refractivity contribution in [3.63, 3.8) is 0 Å². The Morgan fingerprint density at radius 2 is 1.80 bits per heavy atom. The third kappa shape index (κ3) is 3.17. The SMILES string of the molecule is COC(=O)c1cc(Oc2cc(C)c(Br)c(C)c2)ccn1. The molecule has 0 aliphatic heterocycles. The molecule has 1 aromatic heterocycles. The molecular weight excluding hydrogens is 322 g/mol. The van der Waals surface area contributed by atoms with Gasteiger partial charge in [-0.05, 0) is 43.2 Å². The molecule has 20 heavy (non-hydrogen) atoms. The summed E-state index contributed by atoms with van der Waals surface area (Å²) in [7, 11) is 1.32. The molecule has 2 aromatic rings. The summed E-state index contributed by atoms with van der Waals surface area (Å²) in [6.07, 6.45) is 1.51. The van der Waals surface area contributed by atoms with Crippen molar-refractivity contribution in [3.05, 3.63) is 51.8 Å². The fourth-order valence-corrected chi connectivity index (χ4v) is 2.02. The maximum Gasteiger partial charge on any atom is 0.356 e. The van der Waals surface area contributed by atoms with Crippen molar-refractivity contribution in [2.24, 2.45) is 0 Å².